The number of ether oxygens (including phenoxy) is 2. The lowest BCUT2D eigenvalue weighted by Crippen LogP contribution is -2.37. The SMILES string of the molecule is CC#Cc1c(F)ccc2cc(C)cc(-c3ncc4c(N5CCOCC5)nc(OCC5(CC)CC5)nc4c3F)c12. The van der Waals surface area contributed by atoms with Crippen LogP contribution in [0.3, 0.4) is 0 Å². The highest BCUT2D eigenvalue weighted by atomic mass is 19.1. The molecule has 0 unspecified atom stereocenters. The number of halogens is 2. The van der Waals surface area contributed by atoms with E-state index in [1.165, 1.54) is 6.07 Å². The molecule has 1 aliphatic carbocycles. The summed E-state index contributed by atoms with van der Waals surface area (Å²) < 4.78 is 43.1. The van der Waals surface area contributed by atoms with Gasteiger partial charge in [0.05, 0.1) is 30.8 Å². The Morgan fingerprint density at radius 3 is 2.64 bits per heavy atom. The summed E-state index contributed by atoms with van der Waals surface area (Å²) in [5.41, 5.74) is 1.96. The third kappa shape index (κ3) is 4.65. The van der Waals surface area contributed by atoms with E-state index in [9.17, 15) is 4.39 Å². The summed E-state index contributed by atoms with van der Waals surface area (Å²) in [6.07, 6.45) is 4.83. The lowest BCUT2D eigenvalue weighted by Gasteiger charge is -2.29. The fraction of sp³-hybridized carbons (Fsp3) is 0.387. The average Bonchev–Trinajstić information content (AvgIpc) is 3.74. The first-order valence-electron chi connectivity index (χ1n) is 13.4. The van der Waals surface area contributed by atoms with Crippen LogP contribution in [0.15, 0.2) is 30.5 Å². The van der Waals surface area contributed by atoms with Gasteiger partial charge in [0.15, 0.2) is 5.82 Å². The van der Waals surface area contributed by atoms with Crippen molar-refractivity contribution < 1.29 is 18.3 Å². The maximum atomic E-state index is 16.5. The average molecular weight is 529 g/mol. The maximum Gasteiger partial charge on any atom is 0.319 e. The number of fused-ring (bicyclic) bond motifs is 2. The molecule has 2 fully saturated rings. The number of nitrogens with zero attached hydrogens (tertiary/aromatic N) is 4. The molecule has 2 aliphatic rings. The van der Waals surface area contributed by atoms with Gasteiger partial charge in [-0.25, -0.2) is 8.78 Å². The number of benzene rings is 2. The molecule has 4 aromatic rings. The third-order valence-corrected chi connectivity index (χ3v) is 7.89. The van der Waals surface area contributed by atoms with Crippen LogP contribution in [0.4, 0.5) is 14.6 Å². The standard InChI is InChI=1S/C31H30F2N4O2/c1-4-6-21-24(32)8-7-20-15-19(3)16-22(25(20)21)27-26(33)28-23(17-34-27)29(37-11-13-38-14-12-37)36-30(35-28)39-18-31(5-2)9-10-31/h7-8,15-17H,5,9-14,18H2,1-3H3. The van der Waals surface area contributed by atoms with Crippen LogP contribution in [0.5, 0.6) is 6.01 Å². The van der Waals surface area contributed by atoms with Crippen LogP contribution < -0.4 is 9.64 Å². The van der Waals surface area contributed by atoms with Gasteiger partial charge in [0.25, 0.3) is 0 Å². The molecule has 0 atom stereocenters. The highest BCUT2D eigenvalue weighted by molar-refractivity contribution is 6.02. The van der Waals surface area contributed by atoms with Crippen LogP contribution >= 0.6 is 0 Å². The van der Waals surface area contributed by atoms with Crippen molar-refractivity contribution >= 4 is 27.5 Å². The van der Waals surface area contributed by atoms with Crippen LogP contribution in [0.1, 0.15) is 44.2 Å². The molecule has 2 aromatic carbocycles. The van der Waals surface area contributed by atoms with Gasteiger partial charge in [-0.05, 0) is 56.2 Å². The predicted octanol–water partition coefficient (Wildman–Crippen LogP) is 6.21. The molecular weight excluding hydrogens is 498 g/mol. The molecule has 0 radical (unpaired) electrons. The maximum absolute atomic E-state index is 16.5. The minimum absolute atomic E-state index is 0.0887. The third-order valence-electron chi connectivity index (χ3n) is 7.89. The van der Waals surface area contributed by atoms with Crippen LogP contribution in [0, 0.1) is 35.8 Å². The molecule has 0 spiro atoms. The first kappa shape index (κ1) is 25.4. The fourth-order valence-electron chi connectivity index (χ4n) is 5.31. The molecule has 6 nitrogen and oxygen atoms in total. The highest BCUT2D eigenvalue weighted by Gasteiger charge is 2.41. The molecule has 0 amide bonds. The zero-order valence-electron chi connectivity index (χ0n) is 22.4. The lowest BCUT2D eigenvalue weighted by atomic mass is 9.94. The summed E-state index contributed by atoms with van der Waals surface area (Å²) in [6, 6.07) is 6.98. The van der Waals surface area contributed by atoms with Gasteiger partial charge >= 0.3 is 6.01 Å². The topological polar surface area (TPSA) is 60.4 Å². The van der Waals surface area contributed by atoms with E-state index in [4.69, 9.17) is 14.5 Å². The highest BCUT2D eigenvalue weighted by Crippen LogP contribution is 2.48. The Balaban J connectivity index is 1.56. The summed E-state index contributed by atoms with van der Waals surface area (Å²) in [6.45, 7) is 8.56. The normalized spacial score (nSPS) is 16.3. The Morgan fingerprint density at radius 2 is 1.92 bits per heavy atom. The Bertz CT molecular complexity index is 1650. The van der Waals surface area contributed by atoms with Crippen molar-refractivity contribution in [3.05, 3.63) is 53.2 Å². The monoisotopic (exact) mass is 528 g/mol. The van der Waals surface area contributed by atoms with Crippen LogP contribution in [0.25, 0.3) is 32.9 Å². The van der Waals surface area contributed by atoms with E-state index < -0.39 is 11.6 Å². The molecule has 1 aliphatic heterocycles. The van der Waals surface area contributed by atoms with E-state index in [1.807, 2.05) is 19.1 Å². The van der Waals surface area contributed by atoms with Crippen molar-refractivity contribution in [2.45, 2.75) is 40.0 Å². The van der Waals surface area contributed by atoms with Crippen molar-refractivity contribution in [2.75, 3.05) is 37.8 Å². The van der Waals surface area contributed by atoms with E-state index in [0.29, 0.717) is 55.1 Å². The summed E-state index contributed by atoms with van der Waals surface area (Å²) >= 11 is 0. The number of aromatic nitrogens is 3. The summed E-state index contributed by atoms with van der Waals surface area (Å²) in [5, 5.41) is 1.79. The Labute approximate surface area is 226 Å². The Morgan fingerprint density at radius 1 is 1.13 bits per heavy atom. The summed E-state index contributed by atoms with van der Waals surface area (Å²) in [5.74, 6) is 5.18. The molecule has 1 saturated carbocycles. The second-order valence-corrected chi connectivity index (χ2v) is 10.5. The van der Waals surface area contributed by atoms with Crippen molar-refractivity contribution in [3.8, 4) is 29.1 Å². The molecule has 39 heavy (non-hydrogen) atoms. The first-order valence-corrected chi connectivity index (χ1v) is 13.4. The zero-order valence-corrected chi connectivity index (χ0v) is 22.4. The van der Waals surface area contributed by atoms with Crippen molar-refractivity contribution in [2.24, 2.45) is 5.41 Å². The van der Waals surface area contributed by atoms with Gasteiger partial charge < -0.3 is 14.4 Å². The van der Waals surface area contributed by atoms with Gasteiger partial charge in [-0.3, -0.25) is 4.98 Å². The number of hydrogen-bond acceptors (Lipinski definition) is 6. The van der Waals surface area contributed by atoms with Gasteiger partial charge in [0, 0.05) is 35.7 Å². The van der Waals surface area contributed by atoms with Crippen molar-refractivity contribution in [1.29, 1.82) is 0 Å². The molecule has 0 N–H and O–H groups in total. The molecule has 3 heterocycles. The van der Waals surface area contributed by atoms with Gasteiger partial charge in [-0.15, -0.1) is 5.92 Å². The molecule has 1 saturated heterocycles. The van der Waals surface area contributed by atoms with E-state index in [1.54, 1.807) is 19.2 Å². The van der Waals surface area contributed by atoms with E-state index in [2.05, 4.69) is 33.6 Å². The molecular formula is C31H30F2N4O2. The van der Waals surface area contributed by atoms with E-state index in [-0.39, 0.29) is 28.2 Å². The summed E-state index contributed by atoms with van der Waals surface area (Å²) in [4.78, 5) is 15.9. The number of morpholine rings is 1. The summed E-state index contributed by atoms with van der Waals surface area (Å²) in [7, 11) is 0. The van der Waals surface area contributed by atoms with Crippen molar-refractivity contribution in [1.82, 2.24) is 15.0 Å². The van der Waals surface area contributed by atoms with Crippen LogP contribution in [-0.4, -0.2) is 47.9 Å². The molecule has 8 heteroatoms. The van der Waals surface area contributed by atoms with E-state index >= 15 is 4.39 Å². The number of hydrogen-bond donors (Lipinski definition) is 0. The van der Waals surface area contributed by atoms with Gasteiger partial charge in [0.1, 0.15) is 22.8 Å². The minimum Gasteiger partial charge on any atom is -0.463 e. The lowest BCUT2D eigenvalue weighted by molar-refractivity contribution is 0.122. The number of aryl methyl sites for hydroxylation is 1. The van der Waals surface area contributed by atoms with E-state index in [0.717, 1.165) is 30.2 Å². The van der Waals surface area contributed by atoms with Gasteiger partial charge in [-0.1, -0.05) is 25.0 Å². The van der Waals surface area contributed by atoms with Crippen LogP contribution in [0.2, 0.25) is 0 Å². The second kappa shape index (κ2) is 10.0. The Kier molecular flexibility index (Phi) is 6.56. The molecule has 0 bridgehead atoms. The molecule has 200 valence electrons. The van der Waals surface area contributed by atoms with Crippen LogP contribution in [-0.2, 0) is 4.74 Å². The second-order valence-electron chi connectivity index (χ2n) is 10.5. The molecule has 2 aromatic heterocycles. The number of anilines is 1. The number of pyridine rings is 1. The quantitative estimate of drug-likeness (QED) is 0.278. The smallest absolute Gasteiger partial charge is 0.319 e. The zero-order chi connectivity index (χ0) is 27.1. The predicted molar refractivity (Wildman–Crippen MR) is 148 cm³/mol. The largest absolute Gasteiger partial charge is 0.463 e. The number of rotatable bonds is 6. The minimum atomic E-state index is -0.600. The molecule has 6 rings (SSSR count). The van der Waals surface area contributed by atoms with Gasteiger partial charge in [0.2, 0.25) is 0 Å². The fourth-order valence-corrected chi connectivity index (χ4v) is 5.31. The first-order chi connectivity index (χ1) is 18.9. The van der Waals surface area contributed by atoms with Crippen molar-refractivity contribution in [3.63, 3.8) is 0 Å². The Hall–Kier alpha value is -3.83. The van der Waals surface area contributed by atoms with Gasteiger partial charge in [-0.2, -0.15) is 9.97 Å².